The summed E-state index contributed by atoms with van der Waals surface area (Å²) < 4.78 is 25.1. The lowest BCUT2D eigenvalue weighted by atomic mass is 10.0. The van der Waals surface area contributed by atoms with Gasteiger partial charge in [0.15, 0.2) is 0 Å². The first-order valence-corrected chi connectivity index (χ1v) is 8.21. The smallest absolute Gasteiger partial charge is 0.333 e. The number of hydrogen-bond donors (Lipinski definition) is 1. The molecule has 0 aliphatic rings. The van der Waals surface area contributed by atoms with Crippen LogP contribution in [0.2, 0.25) is 0 Å². The van der Waals surface area contributed by atoms with Crippen molar-refractivity contribution in [1.29, 1.82) is 0 Å². The first-order chi connectivity index (χ1) is 12.5. The van der Waals surface area contributed by atoms with Crippen LogP contribution in [0.5, 0.6) is 5.75 Å². The van der Waals surface area contributed by atoms with Gasteiger partial charge in [-0.05, 0) is 29.8 Å². The summed E-state index contributed by atoms with van der Waals surface area (Å²) in [4.78, 5) is 11.4. The second-order valence-corrected chi connectivity index (χ2v) is 6.11. The van der Waals surface area contributed by atoms with Gasteiger partial charge in [-0.3, -0.25) is 0 Å². The zero-order chi connectivity index (χ0) is 18.7. The van der Waals surface area contributed by atoms with Crippen LogP contribution in [0.15, 0.2) is 60.7 Å². The molecule has 0 amide bonds. The second kappa shape index (κ2) is 7.54. The number of rotatable bonds is 6. The third-order valence-electron chi connectivity index (χ3n) is 3.96. The molecule has 0 saturated carbocycles. The molecule has 0 heterocycles. The molecule has 1 N–H and O–H groups in total. The molecule has 1 unspecified atom stereocenters. The van der Waals surface area contributed by atoms with Crippen LogP contribution >= 0.6 is 0 Å². The average molecular weight is 354 g/mol. The van der Waals surface area contributed by atoms with Gasteiger partial charge in [-0.1, -0.05) is 43.0 Å². The summed E-state index contributed by atoms with van der Waals surface area (Å²) in [7, 11) is 0. The Balaban J connectivity index is 1.88. The molecule has 0 spiro atoms. The van der Waals surface area contributed by atoms with Crippen molar-refractivity contribution in [3.05, 3.63) is 66.5 Å². The van der Waals surface area contributed by atoms with E-state index in [-0.39, 0.29) is 18.8 Å². The van der Waals surface area contributed by atoms with Crippen molar-refractivity contribution in [2.75, 3.05) is 13.2 Å². The fourth-order valence-electron chi connectivity index (χ4n) is 2.71. The number of carbonyl (C=O) groups excluding carboxylic acids is 1. The van der Waals surface area contributed by atoms with Gasteiger partial charge in [-0.15, -0.1) is 0 Å². The molecular weight excluding hydrogens is 335 g/mol. The molecule has 134 valence electrons. The molecule has 0 aliphatic heterocycles. The SMILES string of the molecule is C=C(C)C(=O)OCC(O)COc1c2ccccc2cc2cccc(F)c12. The lowest BCUT2D eigenvalue weighted by Crippen LogP contribution is -2.25. The highest BCUT2D eigenvalue weighted by atomic mass is 19.1. The standard InChI is InChI=1S/C21H19FO4/c1-13(2)21(24)26-12-16(23)11-25-20-17-8-4-3-6-14(17)10-15-7-5-9-18(22)19(15)20/h3-10,16,23H,1,11-12H2,2H3. The van der Waals surface area contributed by atoms with Crippen LogP contribution in [-0.2, 0) is 9.53 Å². The van der Waals surface area contributed by atoms with Crippen LogP contribution in [0.4, 0.5) is 4.39 Å². The van der Waals surface area contributed by atoms with E-state index >= 15 is 0 Å². The molecule has 3 aromatic carbocycles. The predicted octanol–water partition coefficient (Wildman–Crippen LogP) is 3.99. The van der Waals surface area contributed by atoms with Gasteiger partial charge in [0, 0.05) is 11.0 Å². The Labute approximate surface area is 150 Å². The van der Waals surface area contributed by atoms with Crippen LogP contribution in [0, 0.1) is 5.82 Å². The second-order valence-electron chi connectivity index (χ2n) is 6.11. The zero-order valence-electron chi connectivity index (χ0n) is 14.4. The molecule has 0 fully saturated rings. The van der Waals surface area contributed by atoms with E-state index in [1.165, 1.54) is 13.0 Å². The highest BCUT2D eigenvalue weighted by molar-refractivity contribution is 6.05. The lowest BCUT2D eigenvalue weighted by Gasteiger charge is -2.16. The first kappa shape index (κ1) is 17.9. The quantitative estimate of drug-likeness (QED) is 0.413. The van der Waals surface area contributed by atoms with Crippen molar-refractivity contribution in [3.63, 3.8) is 0 Å². The maximum Gasteiger partial charge on any atom is 0.333 e. The largest absolute Gasteiger partial charge is 0.489 e. The summed E-state index contributed by atoms with van der Waals surface area (Å²) in [6.07, 6.45) is -1.04. The molecule has 0 saturated heterocycles. The Kier molecular flexibility index (Phi) is 5.19. The van der Waals surface area contributed by atoms with Crippen molar-refractivity contribution in [3.8, 4) is 5.75 Å². The Morgan fingerprint density at radius 3 is 2.65 bits per heavy atom. The molecule has 0 bridgehead atoms. The topological polar surface area (TPSA) is 55.8 Å². The van der Waals surface area contributed by atoms with Gasteiger partial charge in [0.25, 0.3) is 0 Å². The highest BCUT2D eigenvalue weighted by Crippen LogP contribution is 2.36. The summed E-state index contributed by atoms with van der Waals surface area (Å²) in [6.45, 7) is 4.64. The molecule has 3 rings (SSSR count). The molecule has 0 aliphatic carbocycles. The van der Waals surface area contributed by atoms with Gasteiger partial charge >= 0.3 is 5.97 Å². The molecule has 5 heteroatoms. The fraction of sp³-hybridized carbons (Fsp3) is 0.190. The Morgan fingerprint density at radius 2 is 1.88 bits per heavy atom. The number of esters is 1. The van der Waals surface area contributed by atoms with E-state index < -0.39 is 17.9 Å². The molecule has 0 radical (unpaired) electrons. The Morgan fingerprint density at radius 1 is 1.15 bits per heavy atom. The number of hydrogen-bond acceptors (Lipinski definition) is 4. The van der Waals surface area contributed by atoms with Crippen LogP contribution in [-0.4, -0.2) is 30.4 Å². The number of fused-ring (bicyclic) bond motifs is 2. The monoisotopic (exact) mass is 354 g/mol. The van der Waals surface area contributed by atoms with Crippen LogP contribution in [0.3, 0.4) is 0 Å². The summed E-state index contributed by atoms with van der Waals surface area (Å²) in [5.74, 6) is -0.612. The van der Waals surface area contributed by atoms with E-state index in [1.54, 1.807) is 6.07 Å². The number of aliphatic hydroxyl groups is 1. The van der Waals surface area contributed by atoms with Gasteiger partial charge in [-0.2, -0.15) is 0 Å². The highest BCUT2D eigenvalue weighted by Gasteiger charge is 2.15. The fourth-order valence-corrected chi connectivity index (χ4v) is 2.71. The minimum atomic E-state index is -1.04. The van der Waals surface area contributed by atoms with Gasteiger partial charge in [0.05, 0.1) is 5.39 Å². The zero-order valence-corrected chi connectivity index (χ0v) is 14.4. The van der Waals surface area contributed by atoms with E-state index in [2.05, 4.69) is 6.58 Å². The maximum atomic E-state index is 14.4. The van der Waals surface area contributed by atoms with Crippen molar-refractivity contribution in [1.82, 2.24) is 0 Å². The third kappa shape index (κ3) is 3.68. The van der Waals surface area contributed by atoms with Crippen LogP contribution < -0.4 is 4.74 Å². The summed E-state index contributed by atoms with van der Waals surface area (Å²) in [5.41, 5.74) is 0.250. The van der Waals surface area contributed by atoms with Crippen molar-refractivity contribution < 1.29 is 23.8 Å². The molecule has 4 nitrogen and oxygen atoms in total. The number of benzene rings is 3. The average Bonchev–Trinajstić information content (AvgIpc) is 2.63. The molecule has 3 aromatic rings. The number of halogens is 1. The van der Waals surface area contributed by atoms with Crippen molar-refractivity contribution in [2.45, 2.75) is 13.0 Å². The van der Waals surface area contributed by atoms with E-state index in [1.807, 2.05) is 36.4 Å². The van der Waals surface area contributed by atoms with Gasteiger partial charge < -0.3 is 14.6 Å². The van der Waals surface area contributed by atoms with Crippen LogP contribution in [0.25, 0.3) is 21.5 Å². The summed E-state index contributed by atoms with van der Waals surface area (Å²) in [5, 5.41) is 12.8. The van der Waals surface area contributed by atoms with E-state index in [4.69, 9.17) is 9.47 Å². The van der Waals surface area contributed by atoms with E-state index in [0.717, 1.165) is 10.8 Å². The Hall–Kier alpha value is -2.92. The number of carbonyl (C=O) groups is 1. The first-order valence-electron chi connectivity index (χ1n) is 8.21. The van der Waals surface area contributed by atoms with Crippen LogP contribution in [0.1, 0.15) is 6.92 Å². The van der Waals surface area contributed by atoms with E-state index in [9.17, 15) is 14.3 Å². The Bertz CT molecular complexity index is 980. The van der Waals surface area contributed by atoms with Crippen molar-refractivity contribution >= 4 is 27.5 Å². The maximum absolute atomic E-state index is 14.4. The summed E-state index contributed by atoms with van der Waals surface area (Å²) >= 11 is 0. The van der Waals surface area contributed by atoms with Crippen molar-refractivity contribution in [2.24, 2.45) is 0 Å². The number of ether oxygens (including phenoxy) is 2. The van der Waals surface area contributed by atoms with Gasteiger partial charge in [-0.25, -0.2) is 9.18 Å². The minimum Gasteiger partial charge on any atom is -0.489 e. The minimum absolute atomic E-state index is 0.138. The van der Waals surface area contributed by atoms with E-state index in [0.29, 0.717) is 16.5 Å². The van der Waals surface area contributed by atoms with Gasteiger partial charge in [0.2, 0.25) is 0 Å². The predicted molar refractivity (Wildman–Crippen MR) is 98.7 cm³/mol. The molecular formula is C21H19FO4. The molecule has 26 heavy (non-hydrogen) atoms. The summed E-state index contributed by atoms with van der Waals surface area (Å²) in [6, 6.07) is 14.2. The molecule has 0 aromatic heterocycles. The normalized spacial score (nSPS) is 12.1. The number of aliphatic hydroxyl groups excluding tert-OH is 1. The molecule has 1 atom stereocenters. The van der Waals surface area contributed by atoms with Gasteiger partial charge in [0.1, 0.15) is 30.9 Å². The third-order valence-corrected chi connectivity index (χ3v) is 3.96. The lowest BCUT2D eigenvalue weighted by molar-refractivity contribution is -0.142.